The summed E-state index contributed by atoms with van der Waals surface area (Å²) < 4.78 is 27.4. The lowest BCUT2D eigenvalue weighted by Crippen LogP contribution is -2.46. The molecule has 0 radical (unpaired) electrons. The van der Waals surface area contributed by atoms with Crippen molar-refractivity contribution in [2.24, 2.45) is 0 Å². The number of likely N-dealkylation sites (tertiary alicyclic amines) is 1. The summed E-state index contributed by atoms with van der Waals surface area (Å²) in [6.07, 6.45) is 3.14. The number of sulfonamides is 1. The number of thiophene rings is 1. The van der Waals surface area contributed by atoms with Gasteiger partial charge < -0.3 is 5.11 Å². The molecule has 1 fully saturated rings. The van der Waals surface area contributed by atoms with Crippen LogP contribution >= 0.6 is 22.9 Å². The van der Waals surface area contributed by atoms with Gasteiger partial charge in [-0.3, -0.25) is 4.90 Å². The Bertz CT molecular complexity index is 644. The molecule has 124 valence electrons. The number of aromatic carboxylic acids is 1. The molecule has 1 aliphatic rings. The highest BCUT2D eigenvalue weighted by Gasteiger charge is 2.28. The van der Waals surface area contributed by atoms with E-state index in [4.69, 9.17) is 16.7 Å². The smallest absolute Gasteiger partial charge is 0.347 e. The summed E-state index contributed by atoms with van der Waals surface area (Å²) in [5, 5.41) is 9.09. The van der Waals surface area contributed by atoms with Crippen LogP contribution in [0.1, 0.15) is 35.9 Å². The fourth-order valence-corrected chi connectivity index (χ4v) is 5.41. The first-order chi connectivity index (χ1) is 10.3. The minimum Gasteiger partial charge on any atom is -0.477 e. The molecule has 0 saturated carbocycles. The Morgan fingerprint density at radius 3 is 2.91 bits per heavy atom. The number of hydrogen-bond donors (Lipinski definition) is 2. The summed E-state index contributed by atoms with van der Waals surface area (Å²) in [5.41, 5.74) is 0. The van der Waals surface area contributed by atoms with Gasteiger partial charge in [-0.05, 0) is 32.0 Å². The number of rotatable bonds is 6. The number of halogens is 1. The van der Waals surface area contributed by atoms with Crippen molar-refractivity contribution in [1.29, 1.82) is 0 Å². The van der Waals surface area contributed by atoms with Crippen LogP contribution < -0.4 is 4.72 Å². The Morgan fingerprint density at radius 1 is 1.55 bits per heavy atom. The van der Waals surface area contributed by atoms with Gasteiger partial charge in [0.05, 0.1) is 4.34 Å². The van der Waals surface area contributed by atoms with Gasteiger partial charge in [-0.2, -0.15) is 0 Å². The summed E-state index contributed by atoms with van der Waals surface area (Å²) in [4.78, 5) is 12.9. The highest BCUT2D eigenvalue weighted by atomic mass is 35.5. The summed E-state index contributed by atoms with van der Waals surface area (Å²) in [6.45, 7) is 4.17. The predicted octanol–water partition coefficient (Wildman–Crippen LogP) is 2.25. The molecule has 6 nitrogen and oxygen atoms in total. The Balaban J connectivity index is 2.13. The van der Waals surface area contributed by atoms with Crippen molar-refractivity contribution >= 4 is 38.9 Å². The summed E-state index contributed by atoms with van der Waals surface area (Å²) in [7, 11) is -3.88. The largest absolute Gasteiger partial charge is 0.477 e. The number of piperidine rings is 1. The molecule has 2 rings (SSSR count). The van der Waals surface area contributed by atoms with Crippen molar-refractivity contribution < 1.29 is 18.3 Å². The first-order valence-electron chi connectivity index (χ1n) is 7.11. The first kappa shape index (κ1) is 17.7. The highest BCUT2D eigenvalue weighted by Crippen LogP contribution is 2.30. The highest BCUT2D eigenvalue weighted by molar-refractivity contribution is 7.89. The Hall–Kier alpha value is -0.670. The van der Waals surface area contributed by atoms with Gasteiger partial charge in [0.25, 0.3) is 0 Å². The molecule has 9 heteroatoms. The third-order valence-electron chi connectivity index (χ3n) is 3.82. The summed E-state index contributed by atoms with van der Waals surface area (Å²) in [6, 6.07) is 1.34. The molecular formula is C13H19ClN2O4S2. The van der Waals surface area contributed by atoms with E-state index in [9.17, 15) is 13.2 Å². The second kappa shape index (κ2) is 7.27. The Kier molecular flexibility index (Phi) is 5.84. The lowest BCUT2D eigenvalue weighted by atomic mass is 10.0. The molecule has 1 aliphatic heterocycles. The van der Waals surface area contributed by atoms with Gasteiger partial charge in [-0.1, -0.05) is 24.9 Å². The van der Waals surface area contributed by atoms with Gasteiger partial charge in [-0.25, -0.2) is 17.9 Å². The van der Waals surface area contributed by atoms with Crippen molar-refractivity contribution in [3.8, 4) is 0 Å². The predicted molar refractivity (Wildman–Crippen MR) is 86.4 cm³/mol. The zero-order valence-electron chi connectivity index (χ0n) is 12.2. The van der Waals surface area contributed by atoms with Crippen molar-refractivity contribution in [2.75, 3.05) is 19.6 Å². The second-order valence-electron chi connectivity index (χ2n) is 5.18. The topological polar surface area (TPSA) is 86.7 Å². The van der Waals surface area contributed by atoms with E-state index in [0.717, 1.165) is 43.7 Å². The van der Waals surface area contributed by atoms with E-state index >= 15 is 0 Å². The SMILES string of the molecule is CCN1CCCC[C@@H]1CNS(=O)(=O)c1cc(Cl)sc1C(=O)O. The van der Waals surface area contributed by atoms with Crippen molar-refractivity contribution in [1.82, 2.24) is 9.62 Å². The van der Waals surface area contributed by atoms with E-state index in [1.54, 1.807) is 0 Å². The maximum Gasteiger partial charge on any atom is 0.347 e. The molecule has 0 unspecified atom stereocenters. The second-order valence-corrected chi connectivity index (χ2v) is 8.60. The number of hydrogen-bond acceptors (Lipinski definition) is 5. The van der Waals surface area contributed by atoms with Crippen molar-refractivity contribution in [2.45, 2.75) is 37.1 Å². The monoisotopic (exact) mass is 366 g/mol. The van der Waals surface area contributed by atoms with Crippen LogP contribution in [0.15, 0.2) is 11.0 Å². The third-order valence-corrected chi connectivity index (χ3v) is 6.64. The average Bonchev–Trinajstić information content (AvgIpc) is 2.89. The van der Waals surface area contributed by atoms with E-state index in [2.05, 4.69) is 9.62 Å². The van der Waals surface area contributed by atoms with Crippen molar-refractivity contribution in [3.63, 3.8) is 0 Å². The number of likely N-dealkylation sites (N-methyl/N-ethyl adjacent to an activating group) is 1. The Labute approximate surface area is 139 Å². The molecule has 2 N–H and O–H groups in total. The molecular weight excluding hydrogens is 348 g/mol. The molecule has 1 aromatic heterocycles. The molecule has 0 aromatic carbocycles. The fourth-order valence-electron chi connectivity index (χ4n) is 2.69. The van der Waals surface area contributed by atoms with Crippen LogP contribution in [0.4, 0.5) is 0 Å². The van der Waals surface area contributed by atoms with Gasteiger partial charge in [0.15, 0.2) is 0 Å². The molecule has 0 amide bonds. The average molecular weight is 367 g/mol. The lowest BCUT2D eigenvalue weighted by molar-refractivity contribution is 0.0698. The normalized spacial score (nSPS) is 20.2. The molecule has 1 atom stereocenters. The maximum absolute atomic E-state index is 12.4. The molecule has 0 spiro atoms. The first-order valence-corrected chi connectivity index (χ1v) is 9.79. The summed E-state index contributed by atoms with van der Waals surface area (Å²) >= 11 is 6.52. The van der Waals surface area contributed by atoms with E-state index in [-0.39, 0.29) is 26.7 Å². The summed E-state index contributed by atoms with van der Waals surface area (Å²) in [5.74, 6) is -1.29. The van der Waals surface area contributed by atoms with Crippen LogP contribution in [0.5, 0.6) is 0 Å². The number of nitrogens with one attached hydrogen (secondary N) is 1. The Morgan fingerprint density at radius 2 is 2.27 bits per heavy atom. The minimum atomic E-state index is -3.88. The molecule has 1 saturated heterocycles. The van der Waals surface area contributed by atoms with Crippen molar-refractivity contribution in [3.05, 3.63) is 15.3 Å². The van der Waals surface area contributed by atoms with E-state index < -0.39 is 16.0 Å². The number of carbonyl (C=O) groups is 1. The quantitative estimate of drug-likeness (QED) is 0.806. The van der Waals surface area contributed by atoms with Crippen LogP contribution in [-0.2, 0) is 10.0 Å². The van der Waals surface area contributed by atoms with E-state index in [0.29, 0.717) is 0 Å². The van der Waals surface area contributed by atoms with Gasteiger partial charge in [0.2, 0.25) is 10.0 Å². The fraction of sp³-hybridized carbons (Fsp3) is 0.615. The third kappa shape index (κ3) is 3.99. The van der Waals surface area contributed by atoms with Crippen LogP contribution in [0.25, 0.3) is 0 Å². The van der Waals surface area contributed by atoms with Gasteiger partial charge >= 0.3 is 5.97 Å². The molecule has 0 aliphatic carbocycles. The minimum absolute atomic E-state index is 0.144. The zero-order valence-corrected chi connectivity index (χ0v) is 14.6. The van der Waals surface area contributed by atoms with Crippen LogP contribution in [-0.4, -0.2) is 50.1 Å². The molecule has 0 bridgehead atoms. The lowest BCUT2D eigenvalue weighted by Gasteiger charge is -2.34. The number of carboxylic acids is 1. The van der Waals surface area contributed by atoms with Gasteiger partial charge in [0, 0.05) is 12.6 Å². The van der Waals surface area contributed by atoms with Gasteiger partial charge in [0.1, 0.15) is 9.77 Å². The molecule has 22 heavy (non-hydrogen) atoms. The van der Waals surface area contributed by atoms with E-state index in [1.165, 1.54) is 6.07 Å². The number of carboxylic acid groups (broad SMARTS) is 1. The van der Waals surface area contributed by atoms with Crippen LogP contribution in [0, 0.1) is 0 Å². The van der Waals surface area contributed by atoms with E-state index in [1.807, 2.05) is 6.92 Å². The zero-order chi connectivity index (χ0) is 16.3. The maximum atomic E-state index is 12.4. The molecule has 1 aromatic rings. The number of nitrogens with zero attached hydrogens (tertiary/aromatic N) is 1. The standard InChI is InChI=1S/C13H19ClN2O4S2/c1-2-16-6-4-3-5-9(16)8-15-22(19,20)10-7-11(14)21-12(10)13(17)18/h7,9,15H,2-6,8H2,1H3,(H,17,18)/t9-/m1/s1. The molecule has 2 heterocycles. The van der Waals surface area contributed by atoms with Crippen LogP contribution in [0.2, 0.25) is 4.34 Å². The van der Waals surface area contributed by atoms with Gasteiger partial charge in [-0.15, -0.1) is 11.3 Å². The van der Waals surface area contributed by atoms with Crippen LogP contribution in [0.3, 0.4) is 0 Å².